The van der Waals surface area contributed by atoms with Crippen LogP contribution >= 0.6 is 11.6 Å². The van der Waals surface area contributed by atoms with Gasteiger partial charge in [-0.1, -0.05) is 31.0 Å². The highest BCUT2D eigenvalue weighted by molar-refractivity contribution is 6.30. The predicted molar refractivity (Wildman–Crippen MR) is 62.6 cm³/mol. The summed E-state index contributed by atoms with van der Waals surface area (Å²) in [4.78, 5) is 0. The molecule has 1 unspecified atom stereocenters. The van der Waals surface area contributed by atoms with Crippen LogP contribution in [0.2, 0.25) is 5.02 Å². The molecule has 0 aliphatic carbocycles. The normalized spacial score (nSPS) is 15.0. The van der Waals surface area contributed by atoms with E-state index in [-0.39, 0.29) is 11.4 Å². The molecule has 1 aromatic rings. The molecule has 0 spiro atoms. The van der Waals surface area contributed by atoms with Crippen LogP contribution in [0.1, 0.15) is 32.3 Å². The Morgan fingerprint density at radius 1 is 1.47 bits per heavy atom. The van der Waals surface area contributed by atoms with E-state index in [1.165, 1.54) is 6.07 Å². The molecule has 15 heavy (non-hydrogen) atoms. The van der Waals surface area contributed by atoms with E-state index >= 15 is 0 Å². The number of nitrogens with two attached hydrogens (primary N) is 1. The first kappa shape index (κ1) is 12.5. The minimum Gasteiger partial charge on any atom is -0.325 e. The monoisotopic (exact) mass is 229 g/mol. The maximum atomic E-state index is 13.5. The second kappa shape index (κ2) is 4.95. The van der Waals surface area contributed by atoms with Gasteiger partial charge in [-0.25, -0.2) is 4.39 Å². The van der Waals surface area contributed by atoms with Gasteiger partial charge >= 0.3 is 0 Å². The fraction of sp³-hybridized carbons (Fsp3) is 0.500. The first-order chi connectivity index (χ1) is 6.94. The third-order valence-electron chi connectivity index (χ3n) is 2.43. The molecule has 1 nitrogen and oxygen atoms in total. The van der Waals surface area contributed by atoms with Gasteiger partial charge in [0.2, 0.25) is 0 Å². The third-order valence-corrected chi connectivity index (χ3v) is 2.67. The van der Waals surface area contributed by atoms with Crippen molar-refractivity contribution < 1.29 is 4.39 Å². The fourth-order valence-corrected chi connectivity index (χ4v) is 1.92. The van der Waals surface area contributed by atoms with Crippen molar-refractivity contribution in [2.24, 2.45) is 5.73 Å². The molecule has 1 rings (SSSR count). The molecular weight excluding hydrogens is 213 g/mol. The van der Waals surface area contributed by atoms with E-state index in [1.807, 2.05) is 6.92 Å². The van der Waals surface area contributed by atoms with Crippen molar-refractivity contribution in [1.29, 1.82) is 0 Å². The molecule has 0 saturated carbocycles. The number of halogens is 2. The van der Waals surface area contributed by atoms with E-state index in [1.54, 1.807) is 12.1 Å². The molecule has 0 bridgehead atoms. The van der Waals surface area contributed by atoms with Crippen molar-refractivity contribution in [2.75, 3.05) is 0 Å². The highest BCUT2D eigenvalue weighted by Gasteiger charge is 2.19. The van der Waals surface area contributed by atoms with Gasteiger partial charge in [-0.3, -0.25) is 0 Å². The highest BCUT2D eigenvalue weighted by Crippen LogP contribution is 2.20. The summed E-state index contributed by atoms with van der Waals surface area (Å²) in [6.07, 6.45) is 2.43. The number of hydrogen-bond donors (Lipinski definition) is 1. The Morgan fingerprint density at radius 3 is 2.67 bits per heavy atom. The Morgan fingerprint density at radius 2 is 2.13 bits per heavy atom. The summed E-state index contributed by atoms with van der Waals surface area (Å²) in [5.74, 6) is -0.268. The second-order valence-corrected chi connectivity index (χ2v) is 4.75. The van der Waals surface area contributed by atoms with Crippen LogP contribution in [0, 0.1) is 5.82 Å². The topological polar surface area (TPSA) is 26.0 Å². The zero-order valence-electron chi connectivity index (χ0n) is 9.19. The SMILES string of the molecule is CCCC(C)(N)Cc1ccc(Cl)cc1F. The van der Waals surface area contributed by atoms with Gasteiger partial charge in [0.1, 0.15) is 5.82 Å². The van der Waals surface area contributed by atoms with Crippen LogP contribution in [0.5, 0.6) is 0 Å². The summed E-state index contributed by atoms with van der Waals surface area (Å²) in [6, 6.07) is 4.74. The smallest absolute Gasteiger partial charge is 0.127 e. The Bertz CT molecular complexity index is 336. The molecule has 84 valence electrons. The molecule has 2 N–H and O–H groups in total. The molecule has 3 heteroatoms. The summed E-state index contributed by atoms with van der Waals surface area (Å²) in [5.41, 5.74) is 6.36. The van der Waals surface area contributed by atoms with Crippen molar-refractivity contribution in [1.82, 2.24) is 0 Å². The van der Waals surface area contributed by atoms with E-state index in [0.29, 0.717) is 17.0 Å². The van der Waals surface area contributed by atoms with Crippen molar-refractivity contribution >= 4 is 11.6 Å². The van der Waals surface area contributed by atoms with E-state index in [4.69, 9.17) is 17.3 Å². The van der Waals surface area contributed by atoms with Crippen molar-refractivity contribution in [3.8, 4) is 0 Å². The first-order valence-corrected chi connectivity index (χ1v) is 5.55. The zero-order chi connectivity index (χ0) is 11.5. The molecule has 0 aliphatic rings. The van der Waals surface area contributed by atoms with Crippen LogP contribution < -0.4 is 5.73 Å². The lowest BCUT2D eigenvalue weighted by atomic mass is 9.89. The Hall–Kier alpha value is -0.600. The maximum Gasteiger partial charge on any atom is 0.127 e. The van der Waals surface area contributed by atoms with E-state index in [9.17, 15) is 4.39 Å². The lowest BCUT2D eigenvalue weighted by molar-refractivity contribution is 0.416. The van der Waals surface area contributed by atoms with Crippen LogP contribution in [-0.4, -0.2) is 5.54 Å². The van der Waals surface area contributed by atoms with Crippen LogP contribution in [0.4, 0.5) is 4.39 Å². The summed E-state index contributed by atoms with van der Waals surface area (Å²) < 4.78 is 13.5. The Kier molecular flexibility index (Phi) is 4.12. The minimum absolute atomic E-state index is 0.268. The average Bonchev–Trinajstić information content (AvgIpc) is 2.09. The van der Waals surface area contributed by atoms with Crippen molar-refractivity contribution in [3.05, 3.63) is 34.6 Å². The van der Waals surface area contributed by atoms with Gasteiger partial charge in [-0.05, 0) is 37.5 Å². The van der Waals surface area contributed by atoms with E-state index in [0.717, 1.165) is 12.8 Å². The lowest BCUT2D eigenvalue weighted by Crippen LogP contribution is -2.38. The maximum absolute atomic E-state index is 13.5. The van der Waals surface area contributed by atoms with Gasteiger partial charge in [0, 0.05) is 10.6 Å². The van der Waals surface area contributed by atoms with Crippen LogP contribution in [0.3, 0.4) is 0 Å². The molecule has 0 saturated heterocycles. The molecule has 0 radical (unpaired) electrons. The highest BCUT2D eigenvalue weighted by atomic mass is 35.5. The van der Waals surface area contributed by atoms with Crippen LogP contribution in [0.25, 0.3) is 0 Å². The molecule has 1 aromatic carbocycles. The Balaban J connectivity index is 2.80. The average molecular weight is 230 g/mol. The van der Waals surface area contributed by atoms with Crippen LogP contribution in [0.15, 0.2) is 18.2 Å². The van der Waals surface area contributed by atoms with Crippen molar-refractivity contribution in [3.63, 3.8) is 0 Å². The molecule has 0 fully saturated rings. The summed E-state index contributed by atoms with van der Waals surface area (Å²) >= 11 is 5.68. The van der Waals surface area contributed by atoms with Gasteiger partial charge in [-0.15, -0.1) is 0 Å². The van der Waals surface area contributed by atoms with Crippen molar-refractivity contribution in [2.45, 2.75) is 38.6 Å². The van der Waals surface area contributed by atoms with Crippen LogP contribution in [-0.2, 0) is 6.42 Å². The van der Waals surface area contributed by atoms with Gasteiger partial charge in [0.05, 0.1) is 0 Å². The fourth-order valence-electron chi connectivity index (χ4n) is 1.76. The summed E-state index contributed by atoms with van der Waals surface area (Å²) in [6.45, 7) is 4.02. The standard InChI is InChI=1S/C12H17ClFN/c1-3-6-12(2,15)8-9-4-5-10(13)7-11(9)14/h4-5,7H,3,6,8,15H2,1-2H3. The largest absolute Gasteiger partial charge is 0.325 e. The quantitative estimate of drug-likeness (QED) is 0.840. The number of hydrogen-bond acceptors (Lipinski definition) is 1. The van der Waals surface area contributed by atoms with E-state index < -0.39 is 0 Å². The van der Waals surface area contributed by atoms with Gasteiger partial charge in [-0.2, -0.15) is 0 Å². The molecular formula is C12H17ClFN. The number of benzene rings is 1. The van der Waals surface area contributed by atoms with Gasteiger partial charge in [0.25, 0.3) is 0 Å². The van der Waals surface area contributed by atoms with Gasteiger partial charge in [0.15, 0.2) is 0 Å². The lowest BCUT2D eigenvalue weighted by Gasteiger charge is -2.24. The molecule has 0 amide bonds. The molecule has 0 heterocycles. The molecule has 1 atom stereocenters. The number of rotatable bonds is 4. The molecule has 0 aliphatic heterocycles. The Labute approximate surface area is 95.4 Å². The minimum atomic E-state index is -0.344. The third kappa shape index (κ3) is 3.80. The first-order valence-electron chi connectivity index (χ1n) is 5.17. The van der Waals surface area contributed by atoms with Gasteiger partial charge < -0.3 is 5.73 Å². The molecule has 0 aromatic heterocycles. The summed E-state index contributed by atoms with van der Waals surface area (Å²) in [7, 11) is 0. The second-order valence-electron chi connectivity index (χ2n) is 4.32. The summed E-state index contributed by atoms with van der Waals surface area (Å²) in [5, 5.41) is 0.422. The predicted octanol–water partition coefficient (Wildman–Crippen LogP) is 3.54. The van der Waals surface area contributed by atoms with E-state index in [2.05, 4.69) is 6.92 Å². The zero-order valence-corrected chi connectivity index (χ0v) is 9.94.